The first-order valence-electron chi connectivity index (χ1n) is 4.09. The standard InChI is InChI=1S/C9H15N/c1-6-4-7(2)9-8(5-6)10(9)3/h4,7-9H,5H2,1-3H3/t7-,8-,9+,10?/m0/s1. The van der Waals surface area contributed by atoms with Crippen LogP contribution in [0.4, 0.5) is 0 Å². The topological polar surface area (TPSA) is 3.01 Å². The van der Waals surface area contributed by atoms with Crippen molar-refractivity contribution in [1.29, 1.82) is 0 Å². The molecule has 4 atom stereocenters. The lowest BCUT2D eigenvalue weighted by atomic mass is 9.93. The molecule has 0 radical (unpaired) electrons. The Labute approximate surface area is 62.7 Å². The molecule has 0 amide bonds. The second-order valence-electron chi connectivity index (χ2n) is 3.80. The van der Waals surface area contributed by atoms with Gasteiger partial charge in [-0.3, -0.25) is 4.90 Å². The molecule has 2 aliphatic rings. The maximum atomic E-state index is 2.48. The third-order valence-corrected chi connectivity index (χ3v) is 2.92. The predicted molar refractivity (Wildman–Crippen MR) is 42.9 cm³/mol. The van der Waals surface area contributed by atoms with Crippen molar-refractivity contribution in [2.45, 2.75) is 32.4 Å². The molecular weight excluding hydrogens is 122 g/mol. The Bertz CT molecular complexity index is 183. The van der Waals surface area contributed by atoms with Crippen molar-refractivity contribution in [3.8, 4) is 0 Å². The molecule has 0 bridgehead atoms. The van der Waals surface area contributed by atoms with Crippen LogP contribution in [-0.2, 0) is 0 Å². The molecule has 56 valence electrons. The molecule has 1 nitrogen and oxygen atoms in total. The zero-order valence-electron chi connectivity index (χ0n) is 6.96. The zero-order chi connectivity index (χ0) is 7.30. The Kier molecular flexibility index (Phi) is 1.19. The summed E-state index contributed by atoms with van der Waals surface area (Å²) < 4.78 is 0. The van der Waals surface area contributed by atoms with E-state index in [1.165, 1.54) is 6.42 Å². The van der Waals surface area contributed by atoms with Crippen LogP contribution in [-0.4, -0.2) is 24.0 Å². The maximum absolute atomic E-state index is 2.48. The lowest BCUT2D eigenvalue weighted by Crippen LogP contribution is -2.10. The molecule has 10 heavy (non-hydrogen) atoms. The number of fused-ring (bicyclic) bond motifs is 1. The van der Waals surface area contributed by atoms with Gasteiger partial charge in [0.2, 0.25) is 0 Å². The van der Waals surface area contributed by atoms with E-state index in [4.69, 9.17) is 0 Å². The summed E-state index contributed by atoms with van der Waals surface area (Å²) in [6.07, 6.45) is 3.73. The average Bonchev–Trinajstić information content (AvgIpc) is 2.42. The Morgan fingerprint density at radius 2 is 2.30 bits per heavy atom. The molecule has 0 saturated carbocycles. The van der Waals surface area contributed by atoms with E-state index in [9.17, 15) is 0 Å². The molecule has 2 rings (SSSR count). The van der Waals surface area contributed by atoms with Gasteiger partial charge in [0.25, 0.3) is 0 Å². The second-order valence-corrected chi connectivity index (χ2v) is 3.80. The quantitative estimate of drug-likeness (QED) is 0.362. The van der Waals surface area contributed by atoms with Crippen molar-refractivity contribution in [3.63, 3.8) is 0 Å². The van der Waals surface area contributed by atoms with E-state index < -0.39 is 0 Å². The van der Waals surface area contributed by atoms with Gasteiger partial charge in [-0.15, -0.1) is 0 Å². The van der Waals surface area contributed by atoms with Crippen LogP contribution in [0, 0.1) is 5.92 Å². The van der Waals surface area contributed by atoms with Gasteiger partial charge in [-0.25, -0.2) is 0 Å². The first kappa shape index (κ1) is 6.41. The van der Waals surface area contributed by atoms with Gasteiger partial charge in [0.05, 0.1) is 0 Å². The van der Waals surface area contributed by atoms with Crippen molar-refractivity contribution in [1.82, 2.24) is 4.90 Å². The molecule has 1 saturated heterocycles. The van der Waals surface area contributed by atoms with Crippen molar-refractivity contribution in [2.75, 3.05) is 7.05 Å². The minimum absolute atomic E-state index is 0.795. The summed E-state index contributed by atoms with van der Waals surface area (Å²) in [7, 11) is 2.23. The van der Waals surface area contributed by atoms with Gasteiger partial charge in [-0.05, 0) is 26.3 Å². The predicted octanol–water partition coefficient (Wildman–Crippen LogP) is 1.66. The summed E-state index contributed by atoms with van der Waals surface area (Å²) in [5.41, 5.74) is 1.58. The fourth-order valence-corrected chi connectivity index (χ4v) is 2.36. The van der Waals surface area contributed by atoms with Gasteiger partial charge in [0, 0.05) is 12.1 Å². The molecule has 0 aromatic carbocycles. The maximum Gasteiger partial charge on any atom is 0.0315 e. The number of likely N-dealkylation sites (N-methyl/N-ethyl adjacent to an activating group) is 1. The number of nitrogens with zero attached hydrogens (tertiary/aromatic N) is 1. The number of hydrogen-bond donors (Lipinski definition) is 0. The van der Waals surface area contributed by atoms with Gasteiger partial charge in [-0.1, -0.05) is 18.6 Å². The van der Waals surface area contributed by atoms with E-state index in [1.54, 1.807) is 5.57 Å². The van der Waals surface area contributed by atoms with E-state index in [0.717, 1.165) is 18.0 Å². The first-order chi connectivity index (χ1) is 4.70. The van der Waals surface area contributed by atoms with E-state index >= 15 is 0 Å². The summed E-state index contributed by atoms with van der Waals surface area (Å²) in [6.45, 7) is 4.57. The molecule has 1 aliphatic carbocycles. The van der Waals surface area contributed by atoms with Crippen LogP contribution < -0.4 is 0 Å². The fraction of sp³-hybridized carbons (Fsp3) is 0.778. The first-order valence-corrected chi connectivity index (χ1v) is 4.09. The minimum atomic E-state index is 0.795. The average molecular weight is 137 g/mol. The smallest absolute Gasteiger partial charge is 0.0315 e. The fourth-order valence-electron chi connectivity index (χ4n) is 2.36. The van der Waals surface area contributed by atoms with E-state index in [0.29, 0.717) is 0 Å². The second kappa shape index (κ2) is 1.85. The van der Waals surface area contributed by atoms with Gasteiger partial charge in [-0.2, -0.15) is 0 Å². The highest BCUT2D eigenvalue weighted by atomic mass is 15.3. The van der Waals surface area contributed by atoms with Crippen molar-refractivity contribution in [3.05, 3.63) is 11.6 Å². The SMILES string of the molecule is CC1=C[C@H](C)[C@@H]2[C@H](C1)N2C. The molecule has 0 spiro atoms. The minimum Gasteiger partial charge on any atom is -0.296 e. The molecular formula is C9H15N. The van der Waals surface area contributed by atoms with Crippen molar-refractivity contribution < 1.29 is 0 Å². The van der Waals surface area contributed by atoms with Crippen LogP contribution in [0.15, 0.2) is 11.6 Å². The van der Waals surface area contributed by atoms with Gasteiger partial charge < -0.3 is 0 Å². The lowest BCUT2D eigenvalue weighted by molar-refractivity contribution is 0.539. The Morgan fingerprint density at radius 3 is 2.90 bits per heavy atom. The van der Waals surface area contributed by atoms with Gasteiger partial charge >= 0.3 is 0 Å². The summed E-state index contributed by atoms with van der Waals surface area (Å²) in [6, 6.07) is 1.77. The van der Waals surface area contributed by atoms with Crippen LogP contribution in [0.5, 0.6) is 0 Å². The third kappa shape index (κ3) is 0.734. The van der Waals surface area contributed by atoms with E-state index in [1.807, 2.05) is 0 Å². The highest BCUT2D eigenvalue weighted by molar-refractivity contribution is 5.21. The van der Waals surface area contributed by atoms with Crippen LogP contribution in [0.25, 0.3) is 0 Å². The van der Waals surface area contributed by atoms with Crippen LogP contribution in [0.1, 0.15) is 20.3 Å². The molecule has 1 heterocycles. The highest BCUT2D eigenvalue weighted by Gasteiger charge is 2.48. The molecule has 0 aromatic heterocycles. The summed E-state index contributed by atoms with van der Waals surface area (Å²) in [5.74, 6) is 0.795. The molecule has 1 heteroatoms. The van der Waals surface area contributed by atoms with Crippen LogP contribution >= 0.6 is 0 Å². The highest BCUT2D eigenvalue weighted by Crippen LogP contribution is 2.41. The van der Waals surface area contributed by atoms with Crippen LogP contribution in [0.3, 0.4) is 0 Å². The molecule has 1 fully saturated rings. The summed E-state index contributed by atoms with van der Waals surface area (Å²) in [5, 5.41) is 0. The lowest BCUT2D eigenvalue weighted by Gasteiger charge is -2.11. The zero-order valence-corrected chi connectivity index (χ0v) is 6.96. The summed E-state index contributed by atoms with van der Waals surface area (Å²) >= 11 is 0. The van der Waals surface area contributed by atoms with Crippen LogP contribution in [0.2, 0.25) is 0 Å². The monoisotopic (exact) mass is 137 g/mol. The molecule has 0 aromatic rings. The summed E-state index contributed by atoms with van der Waals surface area (Å²) in [4.78, 5) is 2.48. The normalized spacial score (nSPS) is 51.7. The Balaban J connectivity index is 2.15. The van der Waals surface area contributed by atoms with Crippen molar-refractivity contribution in [2.24, 2.45) is 5.92 Å². The number of rotatable bonds is 0. The van der Waals surface area contributed by atoms with Gasteiger partial charge in [0.15, 0.2) is 0 Å². The third-order valence-electron chi connectivity index (χ3n) is 2.92. The van der Waals surface area contributed by atoms with E-state index in [2.05, 4.69) is 31.9 Å². The largest absolute Gasteiger partial charge is 0.296 e. The van der Waals surface area contributed by atoms with Gasteiger partial charge in [0.1, 0.15) is 0 Å². The van der Waals surface area contributed by atoms with E-state index in [-0.39, 0.29) is 0 Å². The molecule has 0 N–H and O–H groups in total. The molecule has 1 aliphatic heterocycles. The number of hydrogen-bond acceptors (Lipinski definition) is 1. The Morgan fingerprint density at radius 1 is 1.60 bits per heavy atom. The molecule has 1 unspecified atom stereocenters. The van der Waals surface area contributed by atoms with Crippen molar-refractivity contribution >= 4 is 0 Å². The Hall–Kier alpha value is -0.300.